The molecule has 0 saturated carbocycles. The number of aromatic nitrogens is 3. The van der Waals surface area contributed by atoms with Crippen molar-refractivity contribution >= 4 is 11.8 Å². The molecular formula is C22H31N5O2. The number of hydrogen-bond donors (Lipinski definition) is 0. The van der Waals surface area contributed by atoms with Gasteiger partial charge in [0.2, 0.25) is 11.8 Å². The lowest BCUT2D eigenvalue weighted by Gasteiger charge is -2.40. The van der Waals surface area contributed by atoms with Gasteiger partial charge in [-0.05, 0) is 37.0 Å². The number of amides is 2. The van der Waals surface area contributed by atoms with Crippen molar-refractivity contribution in [3.05, 3.63) is 48.0 Å². The van der Waals surface area contributed by atoms with Crippen LogP contribution in [0.25, 0.3) is 0 Å². The molecule has 1 aliphatic heterocycles. The molecule has 0 aliphatic carbocycles. The molecule has 0 N–H and O–H groups in total. The van der Waals surface area contributed by atoms with E-state index in [2.05, 4.69) is 10.1 Å². The Kier molecular flexibility index (Phi) is 7.01. The summed E-state index contributed by atoms with van der Waals surface area (Å²) >= 11 is 0. The molecule has 3 heterocycles. The van der Waals surface area contributed by atoms with Crippen molar-refractivity contribution < 1.29 is 9.59 Å². The normalized spacial score (nSPS) is 16.8. The second kappa shape index (κ2) is 9.67. The van der Waals surface area contributed by atoms with Gasteiger partial charge in [0.25, 0.3) is 0 Å². The van der Waals surface area contributed by atoms with Gasteiger partial charge in [-0.15, -0.1) is 0 Å². The van der Waals surface area contributed by atoms with Gasteiger partial charge in [0.15, 0.2) is 0 Å². The van der Waals surface area contributed by atoms with Gasteiger partial charge in [-0.25, -0.2) is 0 Å². The Hall–Kier alpha value is -2.70. The summed E-state index contributed by atoms with van der Waals surface area (Å²) in [7, 11) is 0. The predicted octanol–water partition coefficient (Wildman–Crippen LogP) is 2.65. The third kappa shape index (κ3) is 5.65. The molecule has 7 nitrogen and oxygen atoms in total. The van der Waals surface area contributed by atoms with E-state index >= 15 is 0 Å². The van der Waals surface area contributed by atoms with E-state index in [1.807, 2.05) is 53.6 Å². The fourth-order valence-corrected chi connectivity index (χ4v) is 3.80. The molecular weight excluding hydrogens is 366 g/mol. The van der Waals surface area contributed by atoms with Crippen LogP contribution >= 0.6 is 0 Å². The van der Waals surface area contributed by atoms with Crippen LogP contribution in [0, 0.1) is 12.8 Å². The Balaban J connectivity index is 1.65. The maximum Gasteiger partial charge on any atom is 0.225 e. The number of carbonyl (C=O) groups is 2. The van der Waals surface area contributed by atoms with Crippen LogP contribution in [0.15, 0.2) is 36.9 Å². The zero-order chi connectivity index (χ0) is 20.8. The first-order chi connectivity index (χ1) is 13.9. The van der Waals surface area contributed by atoms with Crippen molar-refractivity contribution in [3.63, 3.8) is 0 Å². The maximum absolute atomic E-state index is 12.9. The summed E-state index contributed by atoms with van der Waals surface area (Å²) in [5.74, 6) is 0.169. The molecule has 29 heavy (non-hydrogen) atoms. The smallest absolute Gasteiger partial charge is 0.225 e. The highest BCUT2D eigenvalue weighted by Gasteiger charge is 2.31. The highest BCUT2D eigenvalue weighted by atomic mass is 16.2. The van der Waals surface area contributed by atoms with Crippen LogP contribution < -0.4 is 0 Å². The molecule has 0 spiro atoms. The Morgan fingerprint density at radius 3 is 2.79 bits per heavy atom. The monoisotopic (exact) mass is 397 g/mol. The van der Waals surface area contributed by atoms with Crippen molar-refractivity contribution in [1.82, 2.24) is 24.6 Å². The molecule has 1 atom stereocenters. The second-order valence-electron chi connectivity index (χ2n) is 8.15. The minimum absolute atomic E-state index is 0.0368. The third-order valence-electron chi connectivity index (χ3n) is 5.36. The minimum Gasteiger partial charge on any atom is -0.341 e. The fraction of sp³-hybridized carbons (Fsp3) is 0.545. The Morgan fingerprint density at radius 2 is 2.14 bits per heavy atom. The van der Waals surface area contributed by atoms with Crippen LogP contribution in [0.5, 0.6) is 0 Å². The SMILES string of the molecule is Cc1cnn(CCC(=O)N2CCCC(N(Cc3cccnc3)C(=O)C(C)C)C2)c1. The van der Waals surface area contributed by atoms with E-state index < -0.39 is 0 Å². The highest BCUT2D eigenvalue weighted by molar-refractivity contribution is 5.79. The van der Waals surface area contributed by atoms with Crippen LogP contribution in [-0.4, -0.2) is 55.5 Å². The summed E-state index contributed by atoms with van der Waals surface area (Å²) in [4.78, 5) is 33.7. The summed E-state index contributed by atoms with van der Waals surface area (Å²) in [6.45, 7) is 8.30. The lowest BCUT2D eigenvalue weighted by Crippen LogP contribution is -2.52. The van der Waals surface area contributed by atoms with Gasteiger partial charge in [0, 0.05) is 63.2 Å². The van der Waals surface area contributed by atoms with Gasteiger partial charge in [-0.2, -0.15) is 5.10 Å². The molecule has 2 amide bonds. The lowest BCUT2D eigenvalue weighted by molar-refractivity contribution is -0.142. The van der Waals surface area contributed by atoms with Crippen LogP contribution in [0.3, 0.4) is 0 Å². The Bertz CT molecular complexity index is 818. The van der Waals surface area contributed by atoms with Crippen LogP contribution in [0.1, 0.15) is 44.2 Å². The van der Waals surface area contributed by atoms with Gasteiger partial charge in [-0.3, -0.25) is 19.3 Å². The molecule has 0 aromatic carbocycles. The standard InChI is InChI=1S/C22H31N5O2/c1-17(2)22(29)27(15-19-6-4-9-23-13-19)20-7-5-10-25(16-20)21(28)8-11-26-14-18(3)12-24-26/h4,6,9,12-14,17,20H,5,7-8,10-11,15-16H2,1-3H3. The summed E-state index contributed by atoms with van der Waals surface area (Å²) in [5.41, 5.74) is 2.10. The van der Waals surface area contributed by atoms with Crippen molar-refractivity contribution in [2.45, 2.75) is 59.2 Å². The molecule has 2 aromatic heterocycles. The summed E-state index contributed by atoms with van der Waals surface area (Å²) in [6, 6.07) is 3.92. The zero-order valence-electron chi connectivity index (χ0n) is 17.6. The van der Waals surface area contributed by atoms with Crippen molar-refractivity contribution in [2.24, 2.45) is 5.92 Å². The maximum atomic E-state index is 12.9. The number of aryl methyl sites for hydroxylation is 2. The molecule has 1 saturated heterocycles. The number of hydrogen-bond acceptors (Lipinski definition) is 4. The van der Waals surface area contributed by atoms with E-state index in [9.17, 15) is 9.59 Å². The number of rotatable bonds is 7. The topological polar surface area (TPSA) is 71.3 Å². The van der Waals surface area contributed by atoms with Crippen molar-refractivity contribution in [3.8, 4) is 0 Å². The third-order valence-corrected chi connectivity index (χ3v) is 5.36. The van der Waals surface area contributed by atoms with Gasteiger partial charge in [-0.1, -0.05) is 19.9 Å². The molecule has 1 unspecified atom stereocenters. The van der Waals surface area contributed by atoms with Crippen LogP contribution in [-0.2, 0) is 22.7 Å². The van der Waals surface area contributed by atoms with E-state index in [4.69, 9.17) is 0 Å². The van der Waals surface area contributed by atoms with Gasteiger partial charge in [0.05, 0.1) is 6.20 Å². The van der Waals surface area contributed by atoms with E-state index in [0.29, 0.717) is 26.1 Å². The summed E-state index contributed by atoms with van der Waals surface area (Å²) in [6.07, 6.45) is 9.54. The quantitative estimate of drug-likeness (QED) is 0.720. The van der Waals surface area contributed by atoms with E-state index in [1.165, 1.54) is 0 Å². The first-order valence-electron chi connectivity index (χ1n) is 10.4. The van der Waals surface area contributed by atoms with Gasteiger partial charge in [0.1, 0.15) is 0 Å². The van der Waals surface area contributed by atoms with E-state index in [0.717, 1.165) is 30.5 Å². The van der Waals surface area contributed by atoms with Crippen molar-refractivity contribution in [1.29, 1.82) is 0 Å². The Morgan fingerprint density at radius 1 is 1.31 bits per heavy atom. The number of piperidine rings is 1. The first kappa shape index (κ1) is 21.0. The molecule has 0 bridgehead atoms. The molecule has 0 radical (unpaired) electrons. The Labute approximate surface area is 172 Å². The van der Waals surface area contributed by atoms with E-state index in [1.54, 1.807) is 18.6 Å². The average molecular weight is 398 g/mol. The van der Waals surface area contributed by atoms with Crippen LogP contribution in [0.2, 0.25) is 0 Å². The zero-order valence-corrected chi connectivity index (χ0v) is 17.6. The molecule has 2 aromatic rings. The molecule has 1 fully saturated rings. The first-order valence-corrected chi connectivity index (χ1v) is 10.4. The van der Waals surface area contributed by atoms with Crippen molar-refractivity contribution in [2.75, 3.05) is 13.1 Å². The average Bonchev–Trinajstić information content (AvgIpc) is 3.15. The molecule has 1 aliphatic rings. The highest BCUT2D eigenvalue weighted by Crippen LogP contribution is 2.21. The molecule has 3 rings (SSSR count). The minimum atomic E-state index is -0.0826. The lowest BCUT2D eigenvalue weighted by atomic mass is 10.0. The number of carbonyl (C=O) groups excluding carboxylic acids is 2. The molecule has 7 heteroatoms. The fourth-order valence-electron chi connectivity index (χ4n) is 3.80. The number of nitrogens with zero attached hydrogens (tertiary/aromatic N) is 5. The summed E-state index contributed by atoms with van der Waals surface area (Å²) < 4.78 is 1.81. The van der Waals surface area contributed by atoms with E-state index in [-0.39, 0.29) is 23.8 Å². The molecule has 156 valence electrons. The largest absolute Gasteiger partial charge is 0.341 e. The van der Waals surface area contributed by atoms with Gasteiger partial charge >= 0.3 is 0 Å². The number of likely N-dealkylation sites (tertiary alicyclic amines) is 1. The van der Waals surface area contributed by atoms with Gasteiger partial charge < -0.3 is 9.80 Å². The predicted molar refractivity (Wildman–Crippen MR) is 111 cm³/mol. The number of pyridine rings is 1. The summed E-state index contributed by atoms with van der Waals surface area (Å²) in [5, 5.41) is 4.25. The van der Waals surface area contributed by atoms with Crippen LogP contribution in [0.4, 0.5) is 0 Å². The second-order valence-corrected chi connectivity index (χ2v) is 8.15.